The van der Waals surface area contributed by atoms with Crippen LogP contribution >= 0.6 is 0 Å². The van der Waals surface area contributed by atoms with Crippen molar-refractivity contribution in [2.45, 2.75) is 44.6 Å². The number of benzene rings is 2. The summed E-state index contributed by atoms with van der Waals surface area (Å²) < 4.78 is 38.8. The van der Waals surface area contributed by atoms with E-state index in [2.05, 4.69) is 0 Å². The van der Waals surface area contributed by atoms with E-state index in [0.29, 0.717) is 43.1 Å². The molecule has 0 saturated carbocycles. The van der Waals surface area contributed by atoms with Gasteiger partial charge in [-0.05, 0) is 56.0 Å². The molecule has 7 nitrogen and oxygen atoms in total. The van der Waals surface area contributed by atoms with Crippen molar-refractivity contribution in [2.75, 3.05) is 33.3 Å². The topological polar surface area (TPSA) is 76.1 Å². The van der Waals surface area contributed by atoms with E-state index in [1.807, 2.05) is 38.1 Å². The molecule has 0 radical (unpaired) electrons. The van der Waals surface area contributed by atoms with E-state index in [1.54, 1.807) is 34.5 Å². The Bertz CT molecular complexity index is 1110. The Morgan fingerprint density at radius 2 is 1.76 bits per heavy atom. The van der Waals surface area contributed by atoms with Crippen molar-refractivity contribution in [1.29, 1.82) is 0 Å². The average molecular weight is 473 g/mol. The number of hydrogen-bond acceptors (Lipinski definition) is 5. The summed E-state index contributed by atoms with van der Waals surface area (Å²) in [7, 11) is -1.71. The van der Waals surface area contributed by atoms with Gasteiger partial charge in [-0.3, -0.25) is 4.79 Å². The largest absolute Gasteiger partial charge is 0.486 e. The molecule has 0 aromatic heterocycles. The van der Waals surface area contributed by atoms with Crippen LogP contribution < -0.4 is 4.74 Å². The molecule has 2 saturated heterocycles. The molecule has 2 aliphatic rings. The zero-order valence-electron chi connectivity index (χ0n) is 19.5. The van der Waals surface area contributed by atoms with Gasteiger partial charge in [-0.1, -0.05) is 29.8 Å². The van der Waals surface area contributed by atoms with Crippen molar-refractivity contribution < 1.29 is 22.7 Å². The highest BCUT2D eigenvalue weighted by Gasteiger charge is 2.38. The van der Waals surface area contributed by atoms with Gasteiger partial charge in [0, 0.05) is 25.8 Å². The van der Waals surface area contributed by atoms with Gasteiger partial charge in [0.05, 0.1) is 18.8 Å². The molecule has 0 unspecified atom stereocenters. The first-order chi connectivity index (χ1) is 15.8. The van der Waals surface area contributed by atoms with Crippen LogP contribution in [0, 0.1) is 13.8 Å². The van der Waals surface area contributed by atoms with Gasteiger partial charge in [0.1, 0.15) is 18.0 Å². The first-order valence-electron chi connectivity index (χ1n) is 11.4. The lowest BCUT2D eigenvalue weighted by Gasteiger charge is -2.20. The van der Waals surface area contributed by atoms with Crippen molar-refractivity contribution in [2.24, 2.45) is 0 Å². The zero-order valence-corrected chi connectivity index (χ0v) is 20.3. The molecule has 2 atom stereocenters. The minimum atomic E-state index is -3.33. The Kier molecular flexibility index (Phi) is 7.07. The highest BCUT2D eigenvalue weighted by Crippen LogP contribution is 2.25. The van der Waals surface area contributed by atoms with Crippen LogP contribution in [-0.2, 0) is 20.5 Å². The van der Waals surface area contributed by atoms with Crippen molar-refractivity contribution >= 4 is 15.9 Å². The second-order valence-electron chi connectivity index (χ2n) is 8.97. The van der Waals surface area contributed by atoms with E-state index < -0.39 is 10.0 Å². The summed E-state index contributed by atoms with van der Waals surface area (Å²) in [4.78, 5) is 14.9. The molecule has 2 aliphatic heterocycles. The van der Waals surface area contributed by atoms with E-state index in [1.165, 1.54) is 0 Å². The van der Waals surface area contributed by atoms with Crippen LogP contribution in [0.2, 0.25) is 0 Å². The van der Waals surface area contributed by atoms with Crippen LogP contribution in [0.25, 0.3) is 0 Å². The second kappa shape index (κ2) is 9.83. The molecule has 8 heteroatoms. The van der Waals surface area contributed by atoms with Crippen molar-refractivity contribution in [3.63, 3.8) is 0 Å². The fourth-order valence-corrected chi connectivity index (χ4v) is 6.14. The highest BCUT2D eigenvalue weighted by molar-refractivity contribution is 7.88. The minimum Gasteiger partial charge on any atom is -0.486 e. The quantitative estimate of drug-likeness (QED) is 0.619. The lowest BCUT2D eigenvalue weighted by Crippen LogP contribution is -2.32. The number of aryl methyl sites for hydroxylation is 2. The second-order valence-corrected chi connectivity index (χ2v) is 10.9. The predicted molar refractivity (Wildman–Crippen MR) is 127 cm³/mol. The number of ether oxygens (including phenoxy) is 2. The van der Waals surface area contributed by atoms with Crippen LogP contribution in [0.4, 0.5) is 0 Å². The normalized spacial score (nSPS) is 21.5. The molecule has 2 heterocycles. The summed E-state index contributed by atoms with van der Waals surface area (Å²) in [5.41, 5.74) is 3.37. The number of amides is 1. The Balaban J connectivity index is 1.45. The van der Waals surface area contributed by atoms with Gasteiger partial charge in [0.2, 0.25) is 10.0 Å². The third-order valence-electron chi connectivity index (χ3n) is 6.42. The smallest absolute Gasteiger partial charge is 0.254 e. The SMILES string of the molecule is CO[C@@H]1CN(C(=O)c2cc(C)ccc2C)C[C@H]1Oc1cccc(CS(=O)(=O)N2CCCC2)c1. The lowest BCUT2D eigenvalue weighted by molar-refractivity contribution is 0.0339. The molecule has 2 fully saturated rings. The van der Waals surface area contributed by atoms with Gasteiger partial charge in [0.25, 0.3) is 5.91 Å². The highest BCUT2D eigenvalue weighted by atomic mass is 32.2. The van der Waals surface area contributed by atoms with E-state index in [-0.39, 0.29) is 23.9 Å². The van der Waals surface area contributed by atoms with Crippen molar-refractivity contribution in [3.8, 4) is 5.75 Å². The van der Waals surface area contributed by atoms with Gasteiger partial charge in [-0.15, -0.1) is 0 Å². The molecule has 0 aliphatic carbocycles. The maximum absolute atomic E-state index is 13.2. The third-order valence-corrected chi connectivity index (χ3v) is 8.27. The number of likely N-dealkylation sites (tertiary alicyclic amines) is 1. The fraction of sp³-hybridized carbons (Fsp3) is 0.480. The van der Waals surface area contributed by atoms with E-state index in [4.69, 9.17) is 9.47 Å². The molecule has 33 heavy (non-hydrogen) atoms. The lowest BCUT2D eigenvalue weighted by atomic mass is 10.0. The first kappa shape index (κ1) is 23.7. The third kappa shape index (κ3) is 5.39. The molecular formula is C25H32N2O5S. The Hall–Kier alpha value is -2.42. The molecular weight excluding hydrogens is 440 g/mol. The van der Waals surface area contributed by atoms with Gasteiger partial charge >= 0.3 is 0 Å². The minimum absolute atomic E-state index is 0.0326. The Morgan fingerprint density at radius 1 is 1.03 bits per heavy atom. The van der Waals surface area contributed by atoms with Crippen LogP contribution in [-0.4, -0.2) is 69.0 Å². The summed E-state index contributed by atoms with van der Waals surface area (Å²) >= 11 is 0. The number of hydrogen-bond donors (Lipinski definition) is 0. The Morgan fingerprint density at radius 3 is 2.48 bits per heavy atom. The molecule has 0 bridgehead atoms. The van der Waals surface area contributed by atoms with Crippen LogP contribution in [0.5, 0.6) is 5.75 Å². The Labute approximate surface area is 196 Å². The number of sulfonamides is 1. The van der Waals surface area contributed by atoms with Gasteiger partial charge in [0.15, 0.2) is 0 Å². The van der Waals surface area contributed by atoms with Crippen molar-refractivity contribution in [3.05, 3.63) is 64.7 Å². The number of nitrogens with zero attached hydrogens (tertiary/aromatic N) is 2. The van der Waals surface area contributed by atoms with Crippen LogP contribution in [0.15, 0.2) is 42.5 Å². The van der Waals surface area contributed by atoms with Crippen LogP contribution in [0.1, 0.15) is 39.9 Å². The number of methoxy groups -OCH3 is 1. The first-order valence-corrected chi connectivity index (χ1v) is 13.0. The summed E-state index contributed by atoms with van der Waals surface area (Å²) in [5, 5.41) is 0. The van der Waals surface area contributed by atoms with E-state index in [9.17, 15) is 13.2 Å². The van der Waals surface area contributed by atoms with Crippen LogP contribution in [0.3, 0.4) is 0 Å². The molecule has 4 rings (SSSR count). The molecule has 1 amide bonds. The molecule has 178 valence electrons. The van der Waals surface area contributed by atoms with E-state index in [0.717, 1.165) is 24.0 Å². The predicted octanol–water partition coefficient (Wildman–Crippen LogP) is 3.15. The van der Waals surface area contributed by atoms with Crippen molar-refractivity contribution in [1.82, 2.24) is 9.21 Å². The van der Waals surface area contributed by atoms with E-state index >= 15 is 0 Å². The van der Waals surface area contributed by atoms with Gasteiger partial charge in [-0.25, -0.2) is 12.7 Å². The summed E-state index contributed by atoms with van der Waals surface area (Å²) in [5.74, 6) is 0.506. The molecule has 2 aromatic rings. The number of rotatable bonds is 7. The zero-order chi connectivity index (χ0) is 23.6. The van der Waals surface area contributed by atoms with Gasteiger partial charge in [-0.2, -0.15) is 0 Å². The maximum Gasteiger partial charge on any atom is 0.254 e. The number of carbonyl (C=O) groups excluding carboxylic acids is 1. The fourth-order valence-electron chi connectivity index (χ4n) is 4.54. The van der Waals surface area contributed by atoms with Gasteiger partial charge < -0.3 is 14.4 Å². The average Bonchev–Trinajstić information content (AvgIpc) is 3.46. The summed E-state index contributed by atoms with van der Waals surface area (Å²) in [6, 6.07) is 13.1. The number of carbonyl (C=O) groups is 1. The monoisotopic (exact) mass is 472 g/mol. The molecule has 0 spiro atoms. The summed E-state index contributed by atoms with van der Waals surface area (Å²) in [6.45, 7) is 5.95. The standard InChI is InChI=1S/C25H32N2O5S/c1-18-9-10-19(2)22(13-18)25(28)26-15-23(31-3)24(16-26)32-21-8-6-7-20(14-21)17-33(29,30)27-11-4-5-12-27/h6-10,13-14,23-24H,4-5,11-12,15-17H2,1-3H3/t23-,24-/m1/s1. The molecule has 0 N–H and O–H groups in total. The summed E-state index contributed by atoms with van der Waals surface area (Å²) in [6.07, 6.45) is 1.23. The molecule has 2 aromatic carbocycles. The maximum atomic E-state index is 13.2.